The van der Waals surface area contributed by atoms with Crippen LogP contribution in [0.25, 0.3) is 0 Å². The summed E-state index contributed by atoms with van der Waals surface area (Å²) in [4.78, 5) is 12.1. The molecule has 6 heteroatoms. The molecule has 0 radical (unpaired) electrons. The molecule has 0 fully saturated rings. The highest BCUT2D eigenvalue weighted by Gasteiger charge is 2.16. The number of carbonyl (C=O) groups is 1. The van der Waals surface area contributed by atoms with Crippen molar-refractivity contribution >= 4 is 21.6 Å². The summed E-state index contributed by atoms with van der Waals surface area (Å²) < 4.78 is 27.7. The average Bonchev–Trinajstić information content (AvgIpc) is 2.57. The van der Waals surface area contributed by atoms with Crippen molar-refractivity contribution in [1.29, 1.82) is 0 Å². The van der Waals surface area contributed by atoms with Crippen molar-refractivity contribution in [2.75, 3.05) is 11.3 Å². The molecule has 0 aliphatic heterocycles. The summed E-state index contributed by atoms with van der Waals surface area (Å²) in [7, 11) is -3.70. The molecule has 2 aromatic carbocycles. The van der Waals surface area contributed by atoms with E-state index in [9.17, 15) is 13.2 Å². The summed E-state index contributed by atoms with van der Waals surface area (Å²) >= 11 is 0. The fraction of sp³-hybridized carbons (Fsp3) is 0.316. The molecule has 0 bridgehead atoms. The normalized spacial score (nSPS) is 11.4. The first-order chi connectivity index (χ1) is 11.7. The van der Waals surface area contributed by atoms with Crippen LogP contribution in [0.3, 0.4) is 0 Å². The van der Waals surface area contributed by atoms with Gasteiger partial charge >= 0.3 is 0 Å². The van der Waals surface area contributed by atoms with Crippen LogP contribution < -0.4 is 10.0 Å². The van der Waals surface area contributed by atoms with Crippen molar-refractivity contribution < 1.29 is 13.2 Å². The Balaban J connectivity index is 2.17. The third-order valence-corrected chi connectivity index (χ3v) is 5.33. The summed E-state index contributed by atoms with van der Waals surface area (Å²) in [5.74, 6) is 0.144. The van der Waals surface area contributed by atoms with Crippen LogP contribution in [0.1, 0.15) is 35.3 Å². The van der Waals surface area contributed by atoms with E-state index in [0.29, 0.717) is 23.7 Å². The lowest BCUT2D eigenvalue weighted by atomic mass is 10.1. The largest absolute Gasteiger partial charge is 0.352 e. The molecular weight excluding hydrogens is 336 g/mol. The molecule has 0 saturated heterocycles. The minimum atomic E-state index is -3.70. The summed E-state index contributed by atoms with van der Waals surface area (Å²) in [6.45, 7) is 8.39. The molecule has 0 saturated carbocycles. The number of sulfonamides is 1. The van der Waals surface area contributed by atoms with E-state index in [4.69, 9.17) is 0 Å². The van der Waals surface area contributed by atoms with Gasteiger partial charge in [0.2, 0.25) is 0 Å². The summed E-state index contributed by atoms with van der Waals surface area (Å²) in [5, 5.41) is 2.81. The zero-order valence-corrected chi connectivity index (χ0v) is 15.8. The maximum Gasteiger partial charge on any atom is 0.261 e. The van der Waals surface area contributed by atoms with Crippen molar-refractivity contribution in [3.8, 4) is 0 Å². The Bertz CT molecular complexity index is 857. The van der Waals surface area contributed by atoms with Gasteiger partial charge in [0.1, 0.15) is 0 Å². The second-order valence-corrected chi connectivity index (χ2v) is 8.16. The topological polar surface area (TPSA) is 75.3 Å². The Labute approximate surface area is 149 Å². The predicted octanol–water partition coefficient (Wildman–Crippen LogP) is 3.49. The minimum Gasteiger partial charge on any atom is -0.352 e. The number of hydrogen-bond donors (Lipinski definition) is 2. The van der Waals surface area contributed by atoms with Gasteiger partial charge in [-0.1, -0.05) is 26.0 Å². The van der Waals surface area contributed by atoms with E-state index in [1.165, 1.54) is 24.3 Å². The van der Waals surface area contributed by atoms with E-state index < -0.39 is 10.0 Å². The Kier molecular flexibility index (Phi) is 5.85. The lowest BCUT2D eigenvalue weighted by Crippen LogP contribution is -2.27. The number of amides is 1. The van der Waals surface area contributed by atoms with Crippen LogP contribution in [-0.2, 0) is 10.0 Å². The Morgan fingerprint density at radius 2 is 1.68 bits per heavy atom. The van der Waals surface area contributed by atoms with E-state index in [1.54, 1.807) is 6.07 Å². The lowest BCUT2D eigenvalue weighted by molar-refractivity contribution is 0.0949. The van der Waals surface area contributed by atoms with Gasteiger partial charge in [-0.25, -0.2) is 8.42 Å². The highest BCUT2D eigenvalue weighted by molar-refractivity contribution is 7.92. The smallest absolute Gasteiger partial charge is 0.261 e. The van der Waals surface area contributed by atoms with Crippen LogP contribution in [0, 0.1) is 19.8 Å². The quantitative estimate of drug-likeness (QED) is 0.828. The molecule has 0 unspecified atom stereocenters. The number of aryl methyl sites for hydroxylation is 1. The number of carbonyl (C=O) groups excluding carboxylic acids is 1. The number of hydrogen-bond acceptors (Lipinski definition) is 3. The van der Waals surface area contributed by atoms with Gasteiger partial charge in [0.25, 0.3) is 15.9 Å². The Morgan fingerprint density at radius 1 is 1.04 bits per heavy atom. The second kappa shape index (κ2) is 7.70. The van der Waals surface area contributed by atoms with E-state index in [0.717, 1.165) is 11.1 Å². The van der Waals surface area contributed by atoms with Crippen LogP contribution in [0.5, 0.6) is 0 Å². The molecule has 2 aromatic rings. The molecule has 0 aliphatic rings. The first-order valence-electron chi connectivity index (χ1n) is 8.18. The van der Waals surface area contributed by atoms with Crippen LogP contribution in [0.4, 0.5) is 5.69 Å². The summed E-state index contributed by atoms with van der Waals surface area (Å²) in [5.41, 5.74) is 2.89. The van der Waals surface area contributed by atoms with Crippen molar-refractivity contribution in [2.45, 2.75) is 32.6 Å². The second-order valence-electron chi connectivity index (χ2n) is 6.48. The SMILES string of the molecule is Cc1cccc(NS(=O)(=O)c2ccc(C(=O)NCC(C)C)cc2)c1C. The third kappa shape index (κ3) is 4.82. The van der Waals surface area contributed by atoms with Gasteiger partial charge in [0.15, 0.2) is 0 Å². The number of rotatable bonds is 6. The molecule has 0 spiro atoms. The van der Waals surface area contributed by atoms with E-state index in [2.05, 4.69) is 10.0 Å². The minimum absolute atomic E-state index is 0.119. The number of anilines is 1. The molecule has 1 amide bonds. The van der Waals surface area contributed by atoms with Gasteiger partial charge in [-0.2, -0.15) is 0 Å². The van der Waals surface area contributed by atoms with Gasteiger partial charge in [-0.3, -0.25) is 9.52 Å². The third-order valence-electron chi connectivity index (χ3n) is 3.95. The monoisotopic (exact) mass is 360 g/mol. The molecule has 2 rings (SSSR count). The summed E-state index contributed by atoms with van der Waals surface area (Å²) in [6, 6.07) is 11.4. The molecule has 0 heterocycles. The zero-order chi connectivity index (χ0) is 18.6. The van der Waals surface area contributed by atoms with Crippen molar-refractivity contribution in [3.63, 3.8) is 0 Å². The van der Waals surface area contributed by atoms with Crippen LogP contribution in [0.2, 0.25) is 0 Å². The molecule has 0 atom stereocenters. The molecule has 0 aromatic heterocycles. The van der Waals surface area contributed by atoms with E-state index >= 15 is 0 Å². The van der Waals surface area contributed by atoms with Crippen molar-refractivity contribution in [2.24, 2.45) is 5.92 Å². The Hall–Kier alpha value is -2.34. The van der Waals surface area contributed by atoms with Gasteiger partial charge in [-0.15, -0.1) is 0 Å². The fourth-order valence-electron chi connectivity index (χ4n) is 2.25. The fourth-order valence-corrected chi connectivity index (χ4v) is 3.37. The van der Waals surface area contributed by atoms with Gasteiger partial charge in [0, 0.05) is 12.1 Å². The van der Waals surface area contributed by atoms with E-state index in [1.807, 2.05) is 39.8 Å². The first-order valence-corrected chi connectivity index (χ1v) is 9.66. The van der Waals surface area contributed by atoms with Gasteiger partial charge in [0.05, 0.1) is 10.6 Å². The molecule has 5 nitrogen and oxygen atoms in total. The number of nitrogens with one attached hydrogen (secondary N) is 2. The van der Waals surface area contributed by atoms with Crippen LogP contribution in [0.15, 0.2) is 47.4 Å². The van der Waals surface area contributed by atoms with E-state index in [-0.39, 0.29) is 10.8 Å². The molecular formula is C19H24N2O3S. The zero-order valence-electron chi connectivity index (χ0n) is 15.0. The van der Waals surface area contributed by atoms with Gasteiger partial charge in [-0.05, 0) is 61.2 Å². The summed E-state index contributed by atoms with van der Waals surface area (Å²) in [6.07, 6.45) is 0. The van der Waals surface area contributed by atoms with Crippen LogP contribution in [-0.4, -0.2) is 20.9 Å². The first kappa shape index (κ1) is 19.0. The van der Waals surface area contributed by atoms with Crippen LogP contribution >= 0.6 is 0 Å². The maximum absolute atomic E-state index is 12.5. The standard InChI is InChI=1S/C19H24N2O3S/c1-13(2)12-20-19(22)16-8-10-17(11-9-16)25(23,24)21-18-7-5-6-14(3)15(18)4/h5-11,13,21H,12H2,1-4H3,(H,20,22). The molecule has 25 heavy (non-hydrogen) atoms. The number of benzene rings is 2. The average molecular weight is 360 g/mol. The molecule has 134 valence electrons. The van der Waals surface area contributed by atoms with Crippen molar-refractivity contribution in [3.05, 3.63) is 59.2 Å². The molecule has 0 aliphatic carbocycles. The highest BCUT2D eigenvalue weighted by Crippen LogP contribution is 2.22. The highest BCUT2D eigenvalue weighted by atomic mass is 32.2. The van der Waals surface area contributed by atoms with Gasteiger partial charge < -0.3 is 5.32 Å². The van der Waals surface area contributed by atoms with Crippen molar-refractivity contribution in [1.82, 2.24) is 5.32 Å². The predicted molar refractivity (Wildman–Crippen MR) is 100 cm³/mol. The lowest BCUT2D eigenvalue weighted by Gasteiger charge is -2.12. The molecule has 2 N–H and O–H groups in total. The Morgan fingerprint density at radius 3 is 2.28 bits per heavy atom. The maximum atomic E-state index is 12.5.